The number of rotatable bonds is 3. The molecular formula is C11H17NO3. The highest BCUT2D eigenvalue weighted by molar-refractivity contribution is 6.04. The van der Waals surface area contributed by atoms with Crippen LogP contribution in [0.2, 0.25) is 0 Å². The van der Waals surface area contributed by atoms with Crippen LogP contribution in [0.4, 0.5) is 0 Å². The number of hydrogen-bond donors (Lipinski definition) is 0. The van der Waals surface area contributed by atoms with Gasteiger partial charge in [0, 0.05) is 6.04 Å². The fourth-order valence-corrected chi connectivity index (χ4v) is 1.97. The fraction of sp³-hybridized carbons (Fsp3) is 0.636. The molecule has 0 spiro atoms. The molecule has 1 amide bonds. The molecular weight excluding hydrogens is 194 g/mol. The standard InChI is InChI=1S/C11H17NO3/c1-6(2)9-8(11(14)15-5)10(13)12(9)7(3)4/h7-9H,1H2,2-5H3/t8-,9-/m0/s1. The predicted octanol–water partition coefficient (Wildman–Crippen LogP) is 0.971. The molecule has 4 nitrogen and oxygen atoms in total. The first kappa shape index (κ1) is 11.8. The normalized spacial score (nSPS) is 25.1. The third-order valence-corrected chi connectivity index (χ3v) is 2.65. The van der Waals surface area contributed by atoms with Gasteiger partial charge in [-0.1, -0.05) is 12.2 Å². The Kier molecular flexibility index (Phi) is 3.17. The third-order valence-electron chi connectivity index (χ3n) is 2.65. The molecule has 84 valence electrons. The van der Waals surface area contributed by atoms with E-state index < -0.39 is 11.9 Å². The average molecular weight is 211 g/mol. The molecule has 0 aromatic rings. The summed E-state index contributed by atoms with van der Waals surface area (Å²) in [4.78, 5) is 24.7. The summed E-state index contributed by atoms with van der Waals surface area (Å²) >= 11 is 0. The van der Waals surface area contributed by atoms with Crippen LogP contribution < -0.4 is 0 Å². The van der Waals surface area contributed by atoms with Gasteiger partial charge in [0.1, 0.15) is 0 Å². The first-order valence-electron chi connectivity index (χ1n) is 4.97. The number of ether oxygens (including phenoxy) is 1. The molecule has 4 heteroatoms. The largest absolute Gasteiger partial charge is 0.468 e. The van der Waals surface area contributed by atoms with Crippen molar-refractivity contribution >= 4 is 11.9 Å². The van der Waals surface area contributed by atoms with E-state index in [2.05, 4.69) is 11.3 Å². The molecule has 1 heterocycles. The van der Waals surface area contributed by atoms with Crippen molar-refractivity contribution < 1.29 is 14.3 Å². The van der Waals surface area contributed by atoms with Crippen LogP contribution in [-0.4, -0.2) is 36.0 Å². The zero-order valence-electron chi connectivity index (χ0n) is 9.61. The monoisotopic (exact) mass is 211 g/mol. The molecule has 1 rings (SSSR count). The summed E-state index contributed by atoms with van der Waals surface area (Å²) in [6.45, 7) is 9.47. The van der Waals surface area contributed by atoms with Crippen molar-refractivity contribution in [3.63, 3.8) is 0 Å². The van der Waals surface area contributed by atoms with Crippen LogP contribution >= 0.6 is 0 Å². The Labute approximate surface area is 89.9 Å². The molecule has 1 fully saturated rings. The Balaban J connectivity index is 2.89. The van der Waals surface area contributed by atoms with Crippen LogP contribution in [0.1, 0.15) is 20.8 Å². The minimum Gasteiger partial charge on any atom is -0.468 e. The molecule has 0 aromatic heterocycles. The first-order valence-corrected chi connectivity index (χ1v) is 4.97. The van der Waals surface area contributed by atoms with Crippen molar-refractivity contribution in [2.75, 3.05) is 7.11 Å². The SMILES string of the molecule is C=C(C)[C@H]1[C@H](C(=O)OC)C(=O)N1C(C)C. The number of hydrogen-bond acceptors (Lipinski definition) is 3. The third kappa shape index (κ3) is 1.76. The van der Waals surface area contributed by atoms with Gasteiger partial charge in [-0.15, -0.1) is 0 Å². The highest BCUT2D eigenvalue weighted by Gasteiger charge is 2.53. The molecule has 2 atom stereocenters. The molecule has 1 saturated heterocycles. The number of likely N-dealkylation sites (tertiary alicyclic amines) is 1. The van der Waals surface area contributed by atoms with Gasteiger partial charge in [0.05, 0.1) is 13.2 Å². The maximum absolute atomic E-state index is 11.7. The van der Waals surface area contributed by atoms with E-state index >= 15 is 0 Å². The van der Waals surface area contributed by atoms with Gasteiger partial charge in [0.25, 0.3) is 0 Å². The predicted molar refractivity (Wildman–Crippen MR) is 56.1 cm³/mol. The second-order valence-electron chi connectivity index (χ2n) is 4.13. The lowest BCUT2D eigenvalue weighted by molar-refractivity contribution is -0.171. The minimum absolute atomic E-state index is 0.0834. The van der Waals surface area contributed by atoms with E-state index in [1.165, 1.54) is 7.11 Å². The van der Waals surface area contributed by atoms with E-state index in [0.29, 0.717) is 0 Å². The zero-order chi connectivity index (χ0) is 11.7. The molecule has 0 unspecified atom stereocenters. The first-order chi connectivity index (χ1) is 6.91. The van der Waals surface area contributed by atoms with Gasteiger partial charge in [-0.25, -0.2) is 0 Å². The fourth-order valence-electron chi connectivity index (χ4n) is 1.97. The second kappa shape index (κ2) is 4.04. The lowest BCUT2D eigenvalue weighted by Gasteiger charge is -2.48. The molecule has 15 heavy (non-hydrogen) atoms. The lowest BCUT2D eigenvalue weighted by atomic mass is 9.82. The van der Waals surface area contributed by atoms with E-state index in [0.717, 1.165) is 5.57 Å². The van der Waals surface area contributed by atoms with Gasteiger partial charge >= 0.3 is 5.97 Å². The summed E-state index contributed by atoms with van der Waals surface area (Å²) < 4.78 is 4.61. The molecule has 1 aliphatic rings. The Morgan fingerprint density at radius 3 is 2.40 bits per heavy atom. The van der Waals surface area contributed by atoms with Gasteiger partial charge in [-0.05, 0) is 20.8 Å². The number of carbonyl (C=O) groups is 2. The number of carbonyl (C=O) groups excluding carboxylic acids is 2. The van der Waals surface area contributed by atoms with Gasteiger partial charge < -0.3 is 9.64 Å². The number of amides is 1. The highest BCUT2D eigenvalue weighted by atomic mass is 16.5. The van der Waals surface area contributed by atoms with Gasteiger partial charge in [-0.3, -0.25) is 9.59 Å². The summed E-state index contributed by atoms with van der Waals surface area (Å²) in [5, 5.41) is 0. The Bertz CT molecular complexity index is 309. The van der Waals surface area contributed by atoms with Crippen LogP contribution in [0.25, 0.3) is 0 Å². The maximum atomic E-state index is 11.7. The van der Waals surface area contributed by atoms with Crippen LogP contribution in [0.3, 0.4) is 0 Å². The van der Waals surface area contributed by atoms with Crippen molar-refractivity contribution in [3.8, 4) is 0 Å². The van der Waals surface area contributed by atoms with Gasteiger partial charge in [0.2, 0.25) is 5.91 Å². The number of methoxy groups -OCH3 is 1. The Morgan fingerprint density at radius 2 is 2.07 bits per heavy atom. The zero-order valence-corrected chi connectivity index (χ0v) is 9.61. The summed E-state index contributed by atoms with van der Waals surface area (Å²) in [7, 11) is 1.29. The van der Waals surface area contributed by atoms with E-state index in [4.69, 9.17) is 0 Å². The number of β-lactam (4-membered cyclic amide) rings is 1. The minimum atomic E-state index is -0.685. The molecule has 0 aromatic carbocycles. The van der Waals surface area contributed by atoms with Crippen molar-refractivity contribution in [2.24, 2.45) is 5.92 Å². The van der Waals surface area contributed by atoms with Gasteiger partial charge in [-0.2, -0.15) is 0 Å². The summed E-state index contributed by atoms with van der Waals surface area (Å²) in [6, 6.07) is -0.120. The summed E-state index contributed by atoms with van der Waals surface area (Å²) in [5.41, 5.74) is 0.818. The van der Waals surface area contributed by atoms with Crippen LogP contribution in [0, 0.1) is 5.92 Å². The summed E-state index contributed by atoms with van der Waals surface area (Å²) in [6.07, 6.45) is 0. The highest BCUT2D eigenvalue weighted by Crippen LogP contribution is 2.33. The molecule has 0 N–H and O–H groups in total. The van der Waals surface area contributed by atoms with Crippen molar-refractivity contribution in [1.82, 2.24) is 4.90 Å². The second-order valence-corrected chi connectivity index (χ2v) is 4.13. The van der Waals surface area contributed by atoms with E-state index in [-0.39, 0.29) is 18.0 Å². The molecule has 0 aliphatic carbocycles. The quantitative estimate of drug-likeness (QED) is 0.302. The smallest absolute Gasteiger partial charge is 0.320 e. The van der Waals surface area contributed by atoms with Gasteiger partial charge in [0.15, 0.2) is 5.92 Å². The van der Waals surface area contributed by atoms with Crippen molar-refractivity contribution in [2.45, 2.75) is 32.9 Å². The molecule has 1 aliphatic heterocycles. The summed E-state index contributed by atoms with van der Waals surface area (Å²) in [5.74, 6) is -1.32. The van der Waals surface area contributed by atoms with Crippen LogP contribution in [0.5, 0.6) is 0 Å². The van der Waals surface area contributed by atoms with Crippen LogP contribution in [0.15, 0.2) is 12.2 Å². The van der Waals surface area contributed by atoms with E-state index in [1.807, 2.05) is 20.8 Å². The number of nitrogens with zero attached hydrogens (tertiary/aromatic N) is 1. The Morgan fingerprint density at radius 1 is 1.53 bits per heavy atom. The average Bonchev–Trinajstić information content (AvgIpc) is 2.12. The molecule has 0 radical (unpaired) electrons. The lowest BCUT2D eigenvalue weighted by Crippen LogP contribution is -2.66. The number of esters is 1. The Hall–Kier alpha value is -1.32. The van der Waals surface area contributed by atoms with E-state index in [9.17, 15) is 9.59 Å². The topological polar surface area (TPSA) is 46.6 Å². The van der Waals surface area contributed by atoms with Crippen molar-refractivity contribution in [3.05, 3.63) is 12.2 Å². The van der Waals surface area contributed by atoms with Crippen LogP contribution in [-0.2, 0) is 14.3 Å². The van der Waals surface area contributed by atoms with Crippen molar-refractivity contribution in [1.29, 1.82) is 0 Å². The maximum Gasteiger partial charge on any atom is 0.320 e. The molecule has 0 saturated carbocycles. The molecule has 0 bridgehead atoms. The van der Waals surface area contributed by atoms with E-state index in [1.54, 1.807) is 4.90 Å².